The van der Waals surface area contributed by atoms with Gasteiger partial charge in [-0.25, -0.2) is 4.57 Å². The molecule has 0 radical (unpaired) electrons. The van der Waals surface area contributed by atoms with Crippen molar-refractivity contribution >= 4 is 10.1 Å². The first-order chi connectivity index (χ1) is 7.04. The molecule has 4 nitrogen and oxygen atoms in total. The largest absolute Gasteiger partial charge is 0.285 e. The van der Waals surface area contributed by atoms with E-state index in [0.717, 1.165) is 6.42 Å². The molecule has 0 aliphatic rings. The molecule has 1 unspecified atom stereocenters. The van der Waals surface area contributed by atoms with Crippen LogP contribution in [-0.2, 0) is 16.7 Å². The lowest BCUT2D eigenvalue weighted by atomic mass is 10.2. The Morgan fingerprint density at radius 3 is 2.33 bits per heavy atom. The standard InChI is InChI=1S/C10H15NO3S/c1-2-6-10(15(12,13)14)9-11-7-4-3-5-8-11/h3-5,7-8,10H,2,6,9H2,1H3/p+1. The van der Waals surface area contributed by atoms with Gasteiger partial charge in [-0.1, -0.05) is 19.4 Å². The fourth-order valence-corrected chi connectivity index (χ4v) is 2.34. The summed E-state index contributed by atoms with van der Waals surface area (Å²) in [5.74, 6) is 0. The van der Waals surface area contributed by atoms with Crippen molar-refractivity contribution in [1.29, 1.82) is 0 Å². The third-order valence-corrected chi connectivity index (χ3v) is 3.45. The average Bonchev–Trinajstić information content (AvgIpc) is 2.17. The molecule has 0 aliphatic heterocycles. The van der Waals surface area contributed by atoms with Gasteiger partial charge in [0.1, 0.15) is 5.25 Å². The normalized spacial score (nSPS) is 13.7. The molecule has 0 aliphatic carbocycles. The first kappa shape index (κ1) is 12.1. The van der Waals surface area contributed by atoms with Crippen LogP contribution >= 0.6 is 0 Å². The van der Waals surface area contributed by atoms with E-state index in [2.05, 4.69) is 0 Å². The van der Waals surface area contributed by atoms with E-state index in [0.29, 0.717) is 13.0 Å². The Morgan fingerprint density at radius 2 is 1.87 bits per heavy atom. The van der Waals surface area contributed by atoms with Gasteiger partial charge in [0.2, 0.25) is 0 Å². The van der Waals surface area contributed by atoms with Gasteiger partial charge >= 0.3 is 0 Å². The Kier molecular flexibility index (Phi) is 4.23. The van der Waals surface area contributed by atoms with E-state index in [1.165, 1.54) is 0 Å². The Bertz CT molecular complexity index is 388. The Balaban J connectivity index is 2.76. The summed E-state index contributed by atoms with van der Waals surface area (Å²) in [6.07, 6.45) is 4.78. The van der Waals surface area contributed by atoms with Gasteiger partial charge in [-0.2, -0.15) is 8.42 Å². The molecule has 1 N–H and O–H groups in total. The van der Waals surface area contributed by atoms with Crippen LogP contribution in [0.2, 0.25) is 0 Å². The van der Waals surface area contributed by atoms with Gasteiger partial charge < -0.3 is 0 Å². The molecule has 0 fully saturated rings. The van der Waals surface area contributed by atoms with Crippen molar-refractivity contribution < 1.29 is 17.5 Å². The minimum Gasteiger partial charge on any atom is -0.285 e. The Hall–Kier alpha value is -0.940. The van der Waals surface area contributed by atoms with Crippen molar-refractivity contribution in [3.63, 3.8) is 0 Å². The van der Waals surface area contributed by atoms with Crippen LogP contribution in [0.3, 0.4) is 0 Å². The summed E-state index contributed by atoms with van der Waals surface area (Å²) < 4.78 is 32.9. The van der Waals surface area contributed by atoms with Gasteiger partial charge in [-0.3, -0.25) is 4.55 Å². The van der Waals surface area contributed by atoms with Crippen LogP contribution in [0.1, 0.15) is 19.8 Å². The second-order valence-electron chi connectivity index (χ2n) is 3.50. The molecular formula is C10H16NO3S+. The molecule has 1 heterocycles. The molecule has 1 aromatic rings. The molecule has 0 bridgehead atoms. The van der Waals surface area contributed by atoms with Gasteiger partial charge in [0.05, 0.1) is 0 Å². The summed E-state index contributed by atoms with van der Waals surface area (Å²) >= 11 is 0. The minimum absolute atomic E-state index is 0.299. The predicted molar refractivity (Wildman–Crippen MR) is 56.9 cm³/mol. The monoisotopic (exact) mass is 230 g/mol. The lowest BCUT2D eigenvalue weighted by Gasteiger charge is -2.08. The number of hydrogen-bond acceptors (Lipinski definition) is 2. The van der Waals surface area contributed by atoms with E-state index in [4.69, 9.17) is 4.55 Å². The predicted octanol–water partition coefficient (Wildman–Crippen LogP) is 1.03. The van der Waals surface area contributed by atoms with Crippen molar-refractivity contribution in [3.8, 4) is 0 Å². The van der Waals surface area contributed by atoms with Crippen LogP contribution in [-0.4, -0.2) is 18.2 Å². The minimum atomic E-state index is -3.95. The van der Waals surface area contributed by atoms with Crippen LogP contribution in [0.25, 0.3) is 0 Å². The van der Waals surface area contributed by atoms with Gasteiger partial charge in [0.15, 0.2) is 18.9 Å². The fourth-order valence-electron chi connectivity index (χ4n) is 1.45. The number of aromatic nitrogens is 1. The zero-order valence-electron chi connectivity index (χ0n) is 8.70. The number of nitrogens with zero attached hydrogens (tertiary/aromatic N) is 1. The summed E-state index contributed by atoms with van der Waals surface area (Å²) in [6, 6.07) is 5.51. The first-order valence-corrected chi connectivity index (χ1v) is 6.44. The molecule has 15 heavy (non-hydrogen) atoms. The molecule has 0 saturated heterocycles. The highest BCUT2D eigenvalue weighted by Crippen LogP contribution is 2.07. The zero-order valence-corrected chi connectivity index (χ0v) is 9.52. The molecular weight excluding hydrogens is 214 g/mol. The van der Waals surface area contributed by atoms with Crippen molar-refractivity contribution in [1.82, 2.24) is 0 Å². The van der Waals surface area contributed by atoms with E-state index < -0.39 is 15.4 Å². The van der Waals surface area contributed by atoms with Crippen LogP contribution in [0.5, 0.6) is 0 Å². The molecule has 84 valence electrons. The van der Waals surface area contributed by atoms with Crippen molar-refractivity contribution in [2.24, 2.45) is 0 Å². The maximum atomic E-state index is 11.1. The third-order valence-electron chi connectivity index (χ3n) is 2.22. The molecule has 0 spiro atoms. The average molecular weight is 230 g/mol. The summed E-state index contributed by atoms with van der Waals surface area (Å²) in [5.41, 5.74) is 0. The van der Waals surface area contributed by atoms with Crippen molar-refractivity contribution in [2.75, 3.05) is 0 Å². The van der Waals surface area contributed by atoms with Gasteiger partial charge in [-0.15, -0.1) is 0 Å². The van der Waals surface area contributed by atoms with Crippen LogP contribution in [0, 0.1) is 0 Å². The van der Waals surface area contributed by atoms with Crippen LogP contribution < -0.4 is 4.57 Å². The van der Waals surface area contributed by atoms with Crippen molar-refractivity contribution in [2.45, 2.75) is 31.6 Å². The number of pyridine rings is 1. The summed E-state index contributed by atoms with van der Waals surface area (Å²) in [5, 5.41) is -0.713. The van der Waals surface area contributed by atoms with E-state index in [1.54, 1.807) is 17.0 Å². The van der Waals surface area contributed by atoms with E-state index in [1.807, 2.05) is 25.1 Å². The fraction of sp³-hybridized carbons (Fsp3) is 0.500. The quantitative estimate of drug-likeness (QED) is 0.607. The lowest BCUT2D eigenvalue weighted by Crippen LogP contribution is -2.42. The molecule has 5 heteroatoms. The maximum absolute atomic E-state index is 11.1. The SMILES string of the molecule is CCCC(C[n+]1ccccc1)S(=O)(=O)O. The Labute approximate surface area is 90.3 Å². The molecule has 1 aromatic heterocycles. The third kappa shape index (κ3) is 3.97. The highest BCUT2D eigenvalue weighted by Gasteiger charge is 2.25. The highest BCUT2D eigenvalue weighted by atomic mass is 32.2. The molecule has 0 saturated carbocycles. The van der Waals surface area contributed by atoms with Crippen molar-refractivity contribution in [3.05, 3.63) is 30.6 Å². The number of hydrogen-bond donors (Lipinski definition) is 1. The molecule has 0 amide bonds. The van der Waals surface area contributed by atoms with E-state index in [9.17, 15) is 8.42 Å². The van der Waals surface area contributed by atoms with Gasteiger partial charge in [0.25, 0.3) is 10.1 Å². The second kappa shape index (κ2) is 5.23. The topological polar surface area (TPSA) is 58.2 Å². The summed E-state index contributed by atoms with van der Waals surface area (Å²) in [7, 11) is -3.95. The van der Waals surface area contributed by atoms with Gasteiger partial charge in [-0.05, 0) is 6.42 Å². The molecule has 0 aromatic carbocycles. The molecule has 1 atom stereocenters. The highest BCUT2D eigenvalue weighted by molar-refractivity contribution is 7.86. The summed E-state index contributed by atoms with van der Waals surface area (Å²) in [6.45, 7) is 2.20. The Morgan fingerprint density at radius 1 is 1.27 bits per heavy atom. The van der Waals surface area contributed by atoms with E-state index >= 15 is 0 Å². The maximum Gasteiger partial charge on any atom is 0.274 e. The van der Waals surface area contributed by atoms with E-state index in [-0.39, 0.29) is 0 Å². The van der Waals surface area contributed by atoms with Crippen LogP contribution in [0.15, 0.2) is 30.6 Å². The smallest absolute Gasteiger partial charge is 0.274 e. The summed E-state index contributed by atoms with van der Waals surface area (Å²) in [4.78, 5) is 0. The lowest BCUT2D eigenvalue weighted by molar-refractivity contribution is -0.696. The first-order valence-electron chi connectivity index (χ1n) is 4.94. The van der Waals surface area contributed by atoms with Gasteiger partial charge in [0, 0.05) is 12.1 Å². The molecule has 1 rings (SSSR count). The second-order valence-corrected chi connectivity index (χ2v) is 5.19. The zero-order chi connectivity index (χ0) is 11.3. The van der Waals surface area contributed by atoms with Crippen LogP contribution in [0.4, 0.5) is 0 Å². The number of rotatable bonds is 5.